The number of nitriles is 1. The molecule has 2 aromatic carbocycles. The second-order valence-corrected chi connectivity index (χ2v) is 7.31. The van der Waals surface area contributed by atoms with Crippen LogP contribution in [-0.2, 0) is 4.79 Å². The summed E-state index contributed by atoms with van der Waals surface area (Å²) in [6.07, 6.45) is 0.834. The smallest absolute Gasteiger partial charge is 0.344 e. The molecule has 1 aliphatic carbocycles. The van der Waals surface area contributed by atoms with Crippen LogP contribution >= 0.6 is 0 Å². The van der Waals surface area contributed by atoms with Crippen molar-refractivity contribution in [3.8, 4) is 22.9 Å². The second kappa shape index (κ2) is 7.64. The van der Waals surface area contributed by atoms with Crippen LogP contribution in [0.4, 0.5) is 4.39 Å². The molecule has 0 bridgehead atoms. The Morgan fingerprint density at radius 3 is 2.67 bits per heavy atom. The van der Waals surface area contributed by atoms with Crippen molar-refractivity contribution in [2.24, 2.45) is 0 Å². The third-order valence-corrected chi connectivity index (χ3v) is 5.24. The zero-order chi connectivity index (χ0) is 21.4. The lowest BCUT2D eigenvalue weighted by molar-refractivity contribution is -0.145. The molecular formula is C23H19FN2O4. The second-order valence-electron chi connectivity index (χ2n) is 7.31. The molecule has 30 heavy (non-hydrogen) atoms. The molecule has 1 heterocycles. The standard InChI is InChI=1S/C23H19FN2O4/c1-2-20(23(28)29)30-16-8-9-17-18(11-16)21(13-4-3-5-14(24)10-13)19(12-25)26(22(17)27)15-6-7-15/h3-5,8-11,15,20H,2,6-7H2,1H3,(H,28,29). The number of carboxylic acids is 1. The molecule has 0 saturated heterocycles. The number of hydrogen-bond acceptors (Lipinski definition) is 4. The van der Waals surface area contributed by atoms with Gasteiger partial charge in [-0.1, -0.05) is 19.1 Å². The third-order valence-electron chi connectivity index (χ3n) is 5.24. The van der Waals surface area contributed by atoms with E-state index in [9.17, 15) is 24.3 Å². The van der Waals surface area contributed by atoms with Gasteiger partial charge in [-0.15, -0.1) is 0 Å². The van der Waals surface area contributed by atoms with Crippen molar-refractivity contribution in [1.29, 1.82) is 5.26 Å². The molecule has 1 fully saturated rings. The number of hydrogen-bond donors (Lipinski definition) is 1. The number of ether oxygens (including phenoxy) is 1. The molecule has 1 aromatic heterocycles. The van der Waals surface area contributed by atoms with E-state index in [-0.39, 0.29) is 29.5 Å². The molecule has 4 rings (SSSR count). The fourth-order valence-electron chi connectivity index (χ4n) is 3.67. The molecule has 1 atom stereocenters. The van der Waals surface area contributed by atoms with Crippen LogP contribution in [0.25, 0.3) is 21.9 Å². The van der Waals surface area contributed by atoms with Crippen LogP contribution in [0.3, 0.4) is 0 Å². The first-order valence-electron chi connectivity index (χ1n) is 9.72. The highest BCUT2D eigenvalue weighted by molar-refractivity contribution is 5.99. The maximum Gasteiger partial charge on any atom is 0.344 e. The van der Waals surface area contributed by atoms with Crippen molar-refractivity contribution in [2.75, 3.05) is 0 Å². The Morgan fingerprint density at radius 1 is 1.30 bits per heavy atom. The summed E-state index contributed by atoms with van der Waals surface area (Å²) in [5.41, 5.74) is 0.782. The average molecular weight is 406 g/mol. The van der Waals surface area contributed by atoms with E-state index in [4.69, 9.17) is 4.74 Å². The molecule has 0 radical (unpaired) electrons. The van der Waals surface area contributed by atoms with Gasteiger partial charge in [0.05, 0.1) is 0 Å². The number of carboxylic acid groups (broad SMARTS) is 1. The van der Waals surface area contributed by atoms with Crippen LogP contribution in [0.2, 0.25) is 0 Å². The minimum Gasteiger partial charge on any atom is -0.479 e. The number of pyridine rings is 1. The lowest BCUT2D eigenvalue weighted by atomic mass is 9.96. The van der Waals surface area contributed by atoms with Crippen LogP contribution in [0.5, 0.6) is 5.75 Å². The molecular weight excluding hydrogens is 387 g/mol. The predicted molar refractivity (Wildman–Crippen MR) is 109 cm³/mol. The zero-order valence-corrected chi connectivity index (χ0v) is 16.3. The number of aromatic nitrogens is 1. The largest absolute Gasteiger partial charge is 0.479 e. The van der Waals surface area contributed by atoms with Crippen molar-refractivity contribution in [2.45, 2.75) is 38.3 Å². The molecule has 0 aliphatic heterocycles. The molecule has 6 nitrogen and oxygen atoms in total. The molecule has 1 N–H and O–H groups in total. The first kappa shape index (κ1) is 19.6. The van der Waals surface area contributed by atoms with Crippen molar-refractivity contribution in [3.63, 3.8) is 0 Å². The fraction of sp³-hybridized carbons (Fsp3) is 0.261. The van der Waals surface area contributed by atoms with Gasteiger partial charge in [0.25, 0.3) is 5.56 Å². The van der Waals surface area contributed by atoms with E-state index in [1.165, 1.54) is 16.7 Å². The highest BCUT2D eigenvalue weighted by Gasteiger charge is 2.30. The Balaban J connectivity index is 2.02. The maximum absolute atomic E-state index is 14.0. The van der Waals surface area contributed by atoms with Gasteiger partial charge in [-0.05, 0) is 55.2 Å². The molecule has 1 aliphatic rings. The number of rotatable bonds is 6. The van der Waals surface area contributed by atoms with Crippen molar-refractivity contribution in [3.05, 3.63) is 64.3 Å². The SMILES string of the molecule is CCC(Oc1ccc2c(=O)n(C3CC3)c(C#N)c(-c3cccc(F)c3)c2c1)C(=O)O. The van der Waals surface area contributed by atoms with Gasteiger partial charge in [0.15, 0.2) is 6.10 Å². The number of fused-ring (bicyclic) bond motifs is 1. The van der Waals surface area contributed by atoms with E-state index < -0.39 is 17.9 Å². The van der Waals surface area contributed by atoms with E-state index in [2.05, 4.69) is 6.07 Å². The van der Waals surface area contributed by atoms with Gasteiger partial charge in [-0.2, -0.15) is 5.26 Å². The monoisotopic (exact) mass is 406 g/mol. The van der Waals surface area contributed by atoms with Gasteiger partial charge in [0.2, 0.25) is 0 Å². The summed E-state index contributed by atoms with van der Waals surface area (Å²) < 4.78 is 21.1. The predicted octanol–water partition coefficient (Wildman–Crippen LogP) is 4.26. The van der Waals surface area contributed by atoms with Crippen LogP contribution in [0.1, 0.15) is 37.9 Å². The number of benzene rings is 2. The summed E-state index contributed by atoms with van der Waals surface area (Å²) in [5.74, 6) is -1.29. The highest BCUT2D eigenvalue weighted by Crippen LogP contribution is 2.39. The van der Waals surface area contributed by atoms with Gasteiger partial charge in [0.1, 0.15) is 23.3 Å². The summed E-state index contributed by atoms with van der Waals surface area (Å²) in [6.45, 7) is 1.69. The van der Waals surface area contributed by atoms with Gasteiger partial charge < -0.3 is 9.84 Å². The molecule has 1 saturated carbocycles. The Morgan fingerprint density at radius 2 is 2.07 bits per heavy atom. The van der Waals surface area contributed by atoms with E-state index in [0.29, 0.717) is 21.9 Å². The zero-order valence-electron chi connectivity index (χ0n) is 16.3. The summed E-state index contributed by atoms with van der Waals surface area (Å²) >= 11 is 0. The van der Waals surface area contributed by atoms with Crippen molar-refractivity contribution in [1.82, 2.24) is 4.57 Å². The first-order valence-corrected chi connectivity index (χ1v) is 9.72. The minimum atomic E-state index is -1.09. The molecule has 0 amide bonds. The maximum atomic E-state index is 14.0. The van der Waals surface area contributed by atoms with Gasteiger partial charge >= 0.3 is 5.97 Å². The summed E-state index contributed by atoms with van der Waals surface area (Å²) in [5, 5.41) is 20.0. The number of halogens is 1. The van der Waals surface area contributed by atoms with Gasteiger partial charge in [0, 0.05) is 22.4 Å². The Hall–Kier alpha value is -3.66. The average Bonchev–Trinajstić information content (AvgIpc) is 3.56. The Labute approximate surface area is 171 Å². The molecule has 0 spiro atoms. The molecule has 1 unspecified atom stereocenters. The van der Waals surface area contributed by atoms with E-state index in [1.807, 2.05) is 0 Å². The van der Waals surface area contributed by atoms with Crippen LogP contribution in [0, 0.1) is 17.1 Å². The fourth-order valence-corrected chi connectivity index (χ4v) is 3.67. The number of nitrogens with zero attached hydrogens (tertiary/aromatic N) is 2. The minimum absolute atomic E-state index is 0.0451. The number of aliphatic carboxylic acids is 1. The van der Waals surface area contributed by atoms with Crippen LogP contribution in [-0.4, -0.2) is 21.7 Å². The van der Waals surface area contributed by atoms with Gasteiger partial charge in [-0.3, -0.25) is 9.36 Å². The molecule has 7 heteroatoms. The summed E-state index contributed by atoms with van der Waals surface area (Å²) in [4.78, 5) is 24.5. The van der Waals surface area contributed by atoms with Crippen LogP contribution in [0.15, 0.2) is 47.3 Å². The van der Waals surface area contributed by atoms with E-state index in [0.717, 1.165) is 12.8 Å². The Bertz CT molecular complexity index is 1250. The summed E-state index contributed by atoms with van der Waals surface area (Å²) in [7, 11) is 0. The normalized spacial score (nSPS) is 14.3. The number of carbonyl (C=O) groups is 1. The molecule has 3 aromatic rings. The van der Waals surface area contributed by atoms with Crippen LogP contribution < -0.4 is 10.3 Å². The van der Waals surface area contributed by atoms with Crippen molar-refractivity contribution < 1.29 is 19.0 Å². The van der Waals surface area contributed by atoms with E-state index >= 15 is 0 Å². The molecule has 152 valence electrons. The summed E-state index contributed by atoms with van der Waals surface area (Å²) in [6, 6.07) is 12.6. The Kier molecular flexibility index (Phi) is 5.00. The third kappa shape index (κ3) is 3.41. The lowest BCUT2D eigenvalue weighted by Crippen LogP contribution is -2.26. The highest BCUT2D eigenvalue weighted by atomic mass is 19.1. The lowest BCUT2D eigenvalue weighted by Gasteiger charge is -2.18. The van der Waals surface area contributed by atoms with E-state index in [1.54, 1.807) is 37.3 Å². The first-order chi connectivity index (χ1) is 14.4. The van der Waals surface area contributed by atoms with Crippen molar-refractivity contribution >= 4 is 16.7 Å². The topological polar surface area (TPSA) is 92.3 Å². The quantitative estimate of drug-likeness (QED) is 0.660. The van der Waals surface area contributed by atoms with Gasteiger partial charge in [-0.25, -0.2) is 9.18 Å².